The van der Waals surface area contributed by atoms with Crippen LogP contribution in [0.25, 0.3) is 22.2 Å². The Kier molecular flexibility index (Phi) is 3.40. The first-order chi connectivity index (χ1) is 9.63. The second-order valence-corrected chi connectivity index (χ2v) is 5.69. The van der Waals surface area contributed by atoms with Crippen molar-refractivity contribution in [2.45, 2.75) is 6.42 Å². The van der Waals surface area contributed by atoms with Crippen molar-refractivity contribution >= 4 is 26.8 Å². The first-order valence-corrected chi connectivity index (χ1v) is 7.38. The summed E-state index contributed by atoms with van der Waals surface area (Å²) in [4.78, 5) is 4.76. The molecule has 0 radical (unpaired) electrons. The van der Waals surface area contributed by atoms with E-state index in [1.165, 1.54) is 10.9 Å². The third-order valence-electron chi connectivity index (χ3n) is 3.64. The number of para-hydroxylation sites is 1. The van der Waals surface area contributed by atoms with Crippen LogP contribution >= 0.6 is 15.9 Å². The molecular formula is C15H17BrN4. The Morgan fingerprint density at radius 3 is 2.75 bits per heavy atom. The fraction of sp³-hybridized carbons (Fsp3) is 0.267. The van der Waals surface area contributed by atoms with E-state index in [9.17, 15) is 0 Å². The van der Waals surface area contributed by atoms with Crippen molar-refractivity contribution in [1.82, 2.24) is 14.1 Å². The molecule has 0 saturated carbocycles. The van der Waals surface area contributed by atoms with E-state index in [-0.39, 0.29) is 0 Å². The van der Waals surface area contributed by atoms with E-state index in [2.05, 4.69) is 62.6 Å². The predicted octanol–water partition coefficient (Wildman–Crippen LogP) is 2.84. The summed E-state index contributed by atoms with van der Waals surface area (Å²) in [6.07, 6.45) is 2.91. The highest BCUT2D eigenvalue weighted by Crippen LogP contribution is 2.34. The van der Waals surface area contributed by atoms with Crippen LogP contribution in [0.3, 0.4) is 0 Å². The van der Waals surface area contributed by atoms with Crippen LogP contribution in [0.15, 0.2) is 35.1 Å². The summed E-state index contributed by atoms with van der Waals surface area (Å²) in [5, 5.41) is 1.22. The second-order valence-electron chi connectivity index (χ2n) is 4.94. The molecule has 2 N–H and O–H groups in total. The molecule has 0 fully saturated rings. The Labute approximate surface area is 126 Å². The van der Waals surface area contributed by atoms with Gasteiger partial charge >= 0.3 is 0 Å². The van der Waals surface area contributed by atoms with E-state index in [4.69, 9.17) is 10.7 Å². The maximum absolute atomic E-state index is 5.65. The van der Waals surface area contributed by atoms with Crippen molar-refractivity contribution in [3.8, 4) is 11.3 Å². The van der Waals surface area contributed by atoms with E-state index in [1.807, 2.05) is 7.05 Å². The van der Waals surface area contributed by atoms with Crippen LogP contribution < -0.4 is 5.73 Å². The van der Waals surface area contributed by atoms with Crippen molar-refractivity contribution in [2.75, 3.05) is 6.54 Å². The average molecular weight is 333 g/mol. The molecule has 1 aromatic carbocycles. The maximum atomic E-state index is 5.65. The predicted molar refractivity (Wildman–Crippen MR) is 85.6 cm³/mol. The highest BCUT2D eigenvalue weighted by atomic mass is 79.9. The minimum Gasteiger partial charge on any atom is -0.350 e. The second kappa shape index (κ2) is 5.07. The minimum atomic E-state index is 0.603. The number of benzene rings is 1. The maximum Gasteiger partial charge on any atom is 0.112 e. The summed E-state index contributed by atoms with van der Waals surface area (Å²) in [5.41, 5.74) is 8.98. The fourth-order valence-electron chi connectivity index (χ4n) is 2.58. The summed E-state index contributed by atoms with van der Waals surface area (Å²) in [6.45, 7) is 0.603. The van der Waals surface area contributed by atoms with Crippen molar-refractivity contribution in [3.05, 3.63) is 40.9 Å². The Hall–Kier alpha value is -1.59. The highest BCUT2D eigenvalue weighted by molar-refractivity contribution is 9.10. The number of nitrogens with zero attached hydrogens (tertiary/aromatic N) is 3. The number of hydrogen-bond donors (Lipinski definition) is 1. The van der Waals surface area contributed by atoms with Gasteiger partial charge in [0, 0.05) is 43.2 Å². The summed E-state index contributed by atoms with van der Waals surface area (Å²) < 4.78 is 5.19. The van der Waals surface area contributed by atoms with Gasteiger partial charge in [0.05, 0.1) is 0 Å². The summed E-state index contributed by atoms with van der Waals surface area (Å²) >= 11 is 3.65. The molecule has 0 aliphatic heterocycles. The van der Waals surface area contributed by atoms with Gasteiger partial charge in [-0.25, -0.2) is 4.98 Å². The molecule has 20 heavy (non-hydrogen) atoms. The van der Waals surface area contributed by atoms with Crippen molar-refractivity contribution in [2.24, 2.45) is 19.8 Å². The summed E-state index contributed by atoms with van der Waals surface area (Å²) in [5.74, 6) is 1.00. The van der Waals surface area contributed by atoms with Gasteiger partial charge in [-0.3, -0.25) is 0 Å². The number of imidazole rings is 1. The van der Waals surface area contributed by atoms with E-state index in [1.54, 1.807) is 0 Å². The van der Waals surface area contributed by atoms with Gasteiger partial charge in [0.2, 0.25) is 0 Å². The minimum absolute atomic E-state index is 0.603. The number of nitrogens with two attached hydrogens (primary N) is 1. The third kappa shape index (κ3) is 1.98. The fourth-order valence-corrected chi connectivity index (χ4v) is 3.08. The van der Waals surface area contributed by atoms with Gasteiger partial charge in [-0.05, 0) is 28.5 Å². The van der Waals surface area contributed by atoms with E-state index >= 15 is 0 Å². The topological polar surface area (TPSA) is 48.8 Å². The molecule has 0 spiro atoms. The van der Waals surface area contributed by atoms with E-state index in [0.717, 1.165) is 28.1 Å². The summed E-state index contributed by atoms with van der Waals surface area (Å²) in [6, 6.07) is 8.37. The molecule has 104 valence electrons. The van der Waals surface area contributed by atoms with Crippen LogP contribution in [0.4, 0.5) is 0 Å². The van der Waals surface area contributed by atoms with Crippen LogP contribution in [0.5, 0.6) is 0 Å². The smallest absolute Gasteiger partial charge is 0.112 e. The number of rotatable bonds is 3. The highest BCUT2D eigenvalue weighted by Gasteiger charge is 2.17. The SMILES string of the molecule is Cn1c(CCN)nc(-c2cn(C)c3ccccc23)c1Br. The lowest BCUT2D eigenvalue weighted by Gasteiger charge is -1.99. The van der Waals surface area contributed by atoms with Gasteiger partial charge in [0.1, 0.15) is 16.1 Å². The van der Waals surface area contributed by atoms with Crippen LogP contribution in [0.1, 0.15) is 5.82 Å². The molecule has 4 nitrogen and oxygen atoms in total. The van der Waals surface area contributed by atoms with Crippen LogP contribution in [0.2, 0.25) is 0 Å². The van der Waals surface area contributed by atoms with Gasteiger partial charge in [-0.1, -0.05) is 18.2 Å². The first-order valence-electron chi connectivity index (χ1n) is 6.59. The lowest BCUT2D eigenvalue weighted by atomic mass is 10.1. The normalized spacial score (nSPS) is 11.4. The number of hydrogen-bond acceptors (Lipinski definition) is 2. The van der Waals surface area contributed by atoms with E-state index in [0.29, 0.717) is 6.54 Å². The first kappa shape index (κ1) is 13.4. The Morgan fingerprint density at radius 2 is 2.00 bits per heavy atom. The van der Waals surface area contributed by atoms with Gasteiger partial charge < -0.3 is 14.9 Å². The number of halogens is 1. The molecule has 3 aromatic rings. The quantitative estimate of drug-likeness (QED) is 0.801. The zero-order valence-corrected chi connectivity index (χ0v) is 13.2. The molecule has 2 aromatic heterocycles. The molecular weight excluding hydrogens is 316 g/mol. The van der Waals surface area contributed by atoms with Crippen LogP contribution in [0, 0.1) is 0 Å². The molecule has 0 saturated heterocycles. The average Bonchev–Trinajstić information content (AvgIpc) is 2.92. The molecule has 5 heteroatoms. The van der Waals surface area contributed by atoms with Gasteiger partial charge in [0.15, 0.2) is 0 Å². The monoisotopic (exact) mass is 332 g/mol. The number of aromatic nitrogens is 3. The summed E-state index contributed by atoms with van der Waals surface area (Å²) in [7, 11) is 4.07. The molecule has 3 rings (SSSR count). The standard InChI is InChI=1S/C15H17BrN4/c1-19-9-11(10-5-3-4-6-12(10)19)14-15(16)20(2)13(18-14)7-8-17/h3-6,9H,7-8,17H2,1-2H3. The molecule has 0 atom stereocenters. The molecule has 0 amide bonds. The number of fused-ring (bicyclic) bond motifs is 1. The van der Waals surface area contributed by atoms with Gasteiger partial charge in [0.25, 0.3) is 0 Å². The lowest BCUT2D eigenvalue weighted by molar-refractivity contribution is 0.767. The Morgan fingerprint density at radius 1 is 1.25 bits per heavy atom. The zero-order valence-electron chi connectivity index (χ0n) is 11.6. The lowest BCUT2D eigenvalue weighted by Crippen LogP contribution is -2.07. The Balaban J connectivity index is 2.23. The van der Waals surface area contributed by atoms with Gasteiger partial charge in [-0.2, -0.15) is 0 Å². The zero-order chi connectivity index (χ0) is 14.3. The van der Waals surface area contributed by atoms with Crippen molar-refractivity contribution < 1.29 is 0 Å². The van der Waals surface area contributed by atoms with E-state index < -0.39 is 0 Å². The Bertz CT molecular complexity index is 770. The van der Waals surface area contributed by atoms with Crippen LogP contribution in [-0.2, 0) is 20.5 Å². The van der Waals surface area contributed by atoms with Gasteiger partial charge in [-0.15, -0.1) is 0 Å². The van der Waals surface area contributed by atoms with Crippen molar-refractivity contribution in [1.29, 1.82) is 0 Å². The molecule has 0 aliphatic rings. The largest absolute Gasteiger partial charge is 0.350 e. The molecule has 0 bridgehead atoms. The molecule has 0 unspecified atom stereocenters. The number of aryl methyl sites for hydroxylation is 1. The van der Waals surface area contributed by atoms with Crippen LogP contribution in [-0.4, -0.2) is 20.7 Å². The molecule has 0 aliphatic carbocycles. The molecule has 2 heterocycles. The van der Waals surface area contributed by atoms with Crippen molar-refractivity contribution in [3.63, 3.8) is 0 Å². The third-order valence-corrected chi connectivity index (χ3v) is 4.55.